The predicted molar refractivity (Wildman–Crippen MR) is 87.7 cm³/mol. The molecule has 1 aliphatic heterocycles. The van der Waals surface area contributed by atoms with Crippen molar-refractivity contribution < 1.29 is 9.53 Å². The zero-order valence-corrected chi connectivity index (χ0v) is 13.0. The first-order valence-electron chi connectivity index (χ1n) is 7.11. The van der Waals surface area contributed by atoms with Crippen LogP contribution >= 0.6 is 12.2 Å². The van der Waals surface area contributed by atoms with Crippen molar-refractivity contribution in [3.05, 3.63) is 24.3 Å². The van der Waals surface area contributed by atoms with E-state index < -0.39 is 0 Å². The molecular formula is C15H21N3O2S. The fourth-order valence-corrected chi connectivity index (χ4v) is 2.45. The van der Waals surface area contributed by atoms with E-state index >= 15 is 0 Å². The molecule has 0 bridgehead atoms. The van der Waals surface area contributed by atoms with Crippen LogP contribution in [0.2, 0.25) is 0 Å². The second kappa shape index (κ2) is 7.26. The van der Waals surface area contributed by atoms with E-state index in [1.165, 1.54) is 6.42 Å². The number of nitrogens with one attached hydrogen (secondary N) is 1. The fourth-order valence-electron chi connectivity index (χ4n) is 2.39. The highest BCUT2D eigenvalue weighted by atomic mass is 32.1. The molecule has 1 heterocycles. The maximum absolute atomic E-state index is 12.2. The van der Waals surface area contributed by atoms with Crippen molar-refractivity contribution in [2.75, 3.05) is 25.0 Å². The number of hydrogen-bond donors (Lipinski definition) is 2. The van der Waals surface area contributed by atoms with Crippen LogP contribution in [0.5, 0.6) is 5.75 Å². The zero-order valence-electron chi connectivity index (χ0n) is 12.2. The smallest absolute Gasteiger partial charge is 0.321 e. The van der Waals surface area contributed by atoms with E-state index in [2.05, 4.69) is 12.2 Å². The molecule has 1 unspecified atom stereocenters. The molecule has 0 aliphatic carbocycles. The molecule has 1 atom stereocenters. The number of thiocarbonyl (C=S) groups is 1. The third-order valence-corrected chi connectivity index (χ3v) is 3.53. The van der Waals surface area contributed by atoms with Gasteiger partial charge in [-0.1, -0.05) is 25.2 Å². The molecule has 0 radical (unpaired) electrons. The van der Waals surface area contributed by atoms with E-state index in [1.54, 1.807) is 12.1 Å². The summed E-state index contributed by atoms with van der Waals surface area (Å²) in [5, 5.41) is 2.90. The molecule has 0 saturated carbocycles. The first-order valence-corrected chi connectivity index (χ1v) is 7.52. The number of benzene rings is 1. The number of piperidine rings is 1. The van der Waals surface area contributed by atoms with Crippen molar-refractivity contribution in [2.45, 2.75) is 19.8 Å². The number of carbonyl (C=O) groups is 1. The summed E-state index contributed by atoms with van der Waals surface area (Å²) in [5.41, 5.74) is 6.11. The number of carbonyl (C=O) groups excluding carboxylic acids is 1. The van der Waals surface area contributed by atoms with Crippen LogP contribution in [0.15, 0.2) is 24.3 Å². The lowest BCUT2D eigenvalue weighted by Crippen LogP contribution is -2.41. The first kappa shape index (κ1) is 15.6. The van der Waals surface area contributed by atoms with Crippen LogP contribution in [0.25, 0.3) is 0 Å². The molecule has 1 aromatic rings. The molecule has 1 aliphatic rings. The Balaban J connectivity index is 1.94. The van der Waals surface area contributed by atoms with Gasteiger partial charge in [-0.15, -0.1) is 0 Å². The minimum absolute atomic E-state index is 0.0620. The van der Waals surface area contributed by atoms with Crippen LogP contribution in [0.4, 0.5) is 10.5 Å². The normalized spacial score (nSPS) is 18.1. The highest BCUT2D eigenvalue weighted by Crippen LogP contribution is 2.20. The molecule has 0 aromatic heterocycles. The molecule has 114 valence electrons. The molecule has 1 aromatic carbocycles. The Morgan fingerprint density at radius 1 is 1.57 bits per heavy atom. The molecule has 2 amide bonds. The maximum Gasteiger partial charge on any atom is 0.321 e. The van der Waals surface area contributed by atoms with Gasteiger partial charge in [0.2, 0.25) is 0 Å². The monoisotopic (exact) mass is 307 g/mol. The topological polar surface area (TPSA) is 67.6 Å². The minimum atomic E-state index is -0.0620. The van der Waals surface area contributed by atoms with Gasteiger partial charge in [-0.2, -0.15) is 0 Å². The molecular weight excluding hydrogens is 286 g/mol. The van der Waals surface area contributed by atoms with Crippen molar-refractivity contribution in [3.8, 4) is 5.75 Å². The van der Waals surface area contributed by atoms with Gasteiger partial charge in [0.05, 0.1) is 0 Å². The number of nitrogens with two attached hydrogens (primary N) is 1. The lowest BCUT2D eigenvalue weighted by molar-refractivity contribution is 0.182. The summed E-state index contributed by atoms with van der Waals surface area (Å²) in [7, 11) is 0. The molecule has 3 N–H and O–H groups in total. The van der Waals surface area contributed by atoms with Gasteiger partial charge in [0.15, 0.2) is 0 Å². The molecule has 5 nitrogen and oxygen atoms in total. The third kappa shape index (κ3) is 4.90. The number of amides is 2. The van der Waals surface area contributed by atoms with Gasteiger partial charge >= 0.3 is 6.03 Å². The summed E-state index contributed by atoms with van der Waals surface area (Å²) in [6.07, 6.45) is 2.25. The van der Waals surface area contributed by atoms with Gasteiger partial charge < -0.3 is 20.7 Å². The number of hydrogen-bond acceptors (Lipinski definition) is 3. The highest BCUT2D eigenvalue weighted by molar-refractivity contribution is 7.80. The summed E-state index contributed by atoms with van der Waals surface area (Å²) < 4.78 is 5.42. The second-order valence-electron chi connectivity index (χ2n) is 5.41. The second-order valence-corrected chi connectivity index (χ2v) is 5.93. The Morgan fingerprint density at radius 3 is 3.10 bits per heavy atom. The van der Waals surface area contributed by atoms with Crippen LogP contribution in [0, 0.1) is 5.92 Å². The van der Waals surface area contributed by atoms with Gasteiger partial charge in [-0.25, -0.2) is 4.79 Å². The molecule has 1 saturated heterocycles. The predicted octanol–water partition coefficient (Wildman–Crippen LogP) is 2.62. The molecule has 0 spiro atoms. The summed E-state index contributed by atoms with van der Waals surface area (Å²) in [6.45, 7) is 3.98. The van der Waals surface area contributed by atoms with E-state index in [0.717, 1.165) is 19.5 Å². The van der Waals surface area contributed by atoms with Gasteiger partial charge in [-0.3, -0.25) is 0 Å². The Kier molecular flexibility index (Phi) is 5.38. The lowest BCUT2D eigenvalue weighted by atomic mass is 10.0. The largest absolute Gasteiger partial charge is 0.486 e. The van der Waals surface area contributed by atoms with Gasteiger partial charge in [0.1, 0.15) is 17.3 Å². The quantitative estimate of drug-likeness (QED) is 0.839. The van der Waals surface area contributed by atoms with Crippen molar-refractivity contribution in [2.24, 2.45) is 11.7 Å². The van der Waals surface area contributed by atoms with Crippen LogP contribution in [0.3, 0.4) is 0 Å². The SMILES string of the molecule is CC1CCCN(C(=O)Nc2cccc(OCC(N)=S)c2)C1. The van der Waals surface area contributed by atoms with Crippen molar-refractivity contribution in [3.63, 3.8) is 0 Å². The Morgan fingerprint density at radius 2 is 2.38 bits per heavy atom. The summed E-state index contributed by atoms with van der Waals surface area (Å²) in [6, 6.07) is 7.16. The number of ether oxygens (including phenoxy) is 1. The van der Waals surface area contributed by atoms with Crippen molar-refractivity contribution in [1.29, 1.82) is 0 Å². The van der Waals surface area contributed by atoms with Gasteiger partial charge in [0, 0.05) is 24.8 Å². The van der Waals surface area contributed by atoms with E-state index in [9.17, 15) is 4.79 Å². The van der Waals surface area contributed by atoms with Gasteiger partial charge in [0.25, 0.3) is 0 Å². The number of anilines is 1. The van der Waals surface area contributed by atoms with Crippen LogP contribution in [-0.4, -0.2) is 35.6 Å². The summed E-state index contributed by atoms with van der Waals surface area (Å²) >= 11 is 4.77. The van der Waals surface area contributed by atoms with Gasteiger partial charge in [-0.05, 0) is 30.9 Å². The highest BCUT2D eigenvalue weighted by Gasteiger charge is 2.20. The first-order chi connectivity index (χ1) is 10.0. The maximum atomic E-state index is 12.2. The van der Waals surface area contributed by atoms with E-state index in [4.69, 9.17) is 22.7 Å². The summed E-state index contributed by atoms with van der Waals surface area (Å²) in [5.74, 6) is 1.19. The van der Waals surface area contributed by atoms with Crippen LogP contribution in [0.1, 0.15) is 19.8 Å². The Bertz CT molecular complexity index is 521. The van der Waals surface area contributed by atoms with Crippen LogP contribution in [-0.2, 0) is 0 Å². The minimum Gasteiger partial charge on any atom is -0.486 e. The molecule has 6 heteroatoms. The lowest BCUT2D eigenvalue weighted by Gasteiger charge is -2.30. The van der Waals surface area contributed by atoms with Crippen molar-refractivity contribution in [1.82, 2.24) is 4.90 Å². The van der Waals surface area contributed by atoms with E-state index in [-0.39, 0.29) is 12.6 Å². The van der Waals surface area contributed by atoms with E-state index in [1.807, 2.05) is 17.0 Å². The fraction of sp³-hybridized carbons (Fsp3) is 0.467. The molecule has 21 heavy (non-hydrogen) atoms. The number of nitrogens with zero attached hydrogens (tertiary/aromatic N) is 1. The average molecular weight is 307 g/mol. The number of likely N-dealkylation sites (tertiary alicyclic amines) is 1. The molecule has 1 fully saturated rings. The molecule has 2 rings (SSSR count). The standard InChI is InChI=1S/C15H21N3O2S/c1-11-4-3-7-18(9-11)15(19)17-12-5-2-6-13(8-12)20-10-14(16)21/h2,5-6,8,11H,3-4,7,9-10H2,1H3,(H2,16,21)(H,17,19). The average Bonchev–Trinajstić information content (AvgIpc) is 2.45. The van der Waals surface area contributed by atoms with Crippen LogP contribution < -0.4 is 15.8 Å². The number of rotatable bonds is 4. The summed E-state index contributed by atoms with van der Waals surface area (Å²) in [4.78, 5) is 14.4. The number of urea groups is 1. The Labute approximate surface area is 130 Å². The Hall–Kier alpha value is -1.82. The van der Waals surface area contributed by atoms with Crippen molar-refractivity contribution >= 4 is 28.9 Å². The van der Waals surface area contributed by atoms with E-state index in [0.29, 0.717) is 22.3 Å². The third-order valence-electron chi connectivity index (χ3n) is 3.41. The zero-order chi connectivity index (χ0) is 15.2.